The third-order valence-electron chi connectivity index (χ3n) is 7.08. The molecule has 3 aromatic heterocycles. The van der Waals surface area contributed by atoms with E-state index in [1.807, 2.05) is 5.51 Å². The number of rotatable bonds is 3. The lowest BCUT2D eigenvalue weighted by molar-refractivity contribution is 1.14. The van der Waals surface area contributed by atoms with Crippen molar-refractivity contribution in [2.75, 3.05) is 0 Å². The summed E-state index contributed by atoms with van der Waals surface area (Å²) in [5.41, 5.74) is 14.4. The molecule has 0 saturated heterocycles. The van der Waals surface area contributed by atoms with Crippen LogP contribution < -0.4 is 0 Å². The zero-order chi connectivity index (χ0) is 23.5. The van der Waals surface area contributed by atoms with Gasteiger partial charge in [0.05, 0.1) is 22.1 Å². The van der Waals surface area contributed by atoms with Crippen LogP contribution in [0, 0.1) is 13.8 Å². The minimum atomic E-state index is 1.12. The molecule has 168 valence electrons. The number of hydrogen-bond acceptors (Lipinski definition) is 3. The Balaban J connectivity index is 1.57. The van der Waals surface area contributed by atoms with Crippen molar-refractivity contribution in [2.45, 2.75) is 13.8 Å². The van der Waals surface area contributed by atoms with Crippen LogP contribution in [-0.4, -0.2) is 9.55 Å². The van der Waals surface area contributed by atoms with Gasteiger partial charge in [0.1, 0.15) is 4.01 Å². The predicted octanol–water partition coefficient (Wildman–Crippen LogP) is 9.41. The van der Waals surface area contributed by atoms with Crippen molar-refractivity contribution in [3.8, 4) is 27.9 Å². The summed E-state index contributed by atoms with van der Waals surface area (Å²) < 4.78 is 3.75. The minimum absolute atomic E-state index is 1.12. The highest BCUT2D eigenvalue weighted by atomic mass is 32.2. The first-order valence-electron chi connectivity index (χ1n) is 11.7. The molecule has 35 heavy (non-hydrogen) atoms. The van der Waals surface area contributed by atoms with Crippen LogP contribution in [-0.2, 0) is 0 Å². The van der Waals surface area contributed by atoms with Crippen molar-refractivity contribution in [3.05, 3.63) is 107 Å². The zero-order valence-electron chi connectivity index (χ0n) is 19.4. The Labute approximate surface area is 211 Å². The maximum absolute atomic E-state index is 4.67. The second-order valence-electron chi connectivity index (χ2n) is 8.94. The molecule has 7 aromatic rings. The summed E-state index contributed by atoms with van der Waals surface area (Å²) in [6.45, 7) is 4.51. The lowest BCUT2D eigenvalue weighted by Gasteiger charge is -2.16. The highest BCUT2D eigenvalue weighted by Gasteiger charge is 2.19. The SMILES string of the molecule is Cc1c(-c2csc3scnc23)cccc1-n1c2ccccc2c2ccc(-c3ccccc3)c(C)c21. The Kier molecular flexibility index (Phi) is 4.66. The van der Waals surface area contributed by atoms with Gasteiger partial charge in [-0.15, -0.1) is 22.7 Å². The molecule has 0 bridgehead atoms. The molecule has 0 unspecified atom stereocenters. The largest absolute Gasteiger partial charge is 0.309 e. The molecule has 0 amide bonds. The van der Waals surface area contributed by atoms with Crippen molar-refractivity contribution < 1.29 is 0 Å². The number of nitrogens with zero attached hydrogens (tertiary/aromatic N) is 2. The van der Waals surface area contributed by atoms with Crippen LogP contribution in [0.3, 0.4) is 0 Å². The molecule has 0 aliphatic heterocycles. The molecule has 0 fully saturated rings. The van der Waals surface area contributed by atoms with Crippen LogP contribution in [0.2, 0.25) is 0 Å². The smallest absolute Gasteiger partial charge is 0.107 e. The first-order chi connectivity index (χ1) is 17.2. The van der Waals surface area contributed by atoms with Crippen LogP contribution in [0.15, 0.2) is 95.8 Å². The third-order valence-corrected chi connectivity index (χ3v) is 9.04. The van der Waals surface area contributed by atoms with E-state index in [0.717, 1.165) is 5.52 Å². The average Bonchev–Trinajstić information content (AvgIpc) is 3.59. The van der Waals surface area contributed by atoms with Gasteiger partial charge >= 0.3 is 0 Å². The van der Waals surface area contributed by atoms with Gasteiger partial charge in [-0.05, 0) is 53.8 Å². The van der Waals surface area contributed by atoms with Gasteiger partial charge in [-0.2, -0.15) is 0 Å². The van der Waals surface area contributed by atoms with E-state index in [9.17, 15) is 0 Å². The third kappa shape index (κ3) is 3.04. The Hall–Kier alpha value is -3.73. The molecule has 0 radical (unpaired) electrons. The highest BCUT2D eigenvalue weighted by molar-refractivity contribution is 7.36. The molecular weight excluding hydrogens is 464 g/mol. The quantitative estimate of drug-likeness (QED) is 0.243. The van der Waals surface area contributed by atoms with Crippen molar-refractivity contribution in [1.82, 2.24) is 9.55 Å². The number of aromatic nitrogens is 2. The molecule has 7 rings (SSSR count). The topological polar surface area (TPSA) is 17.8 Å². The van der Waals surface area contributed by atoms with Gasteiger partial charge in [-0.1, -0.05) is 72.8 Å². The fourth-order valence-corrected chi connectivity index (χ4v) is 7.18. The number of para-hydroxylation sites is 1. The van der Waals surface area contributed by atoms with Gasteiger partial charge in [0, 0.05) is 27.4 Å². The molecule has 2 nitrogen and oxygen atoms in total. The van der Waals surface area contributed by atoms with E-state index in [2.05, 4.69) is 114 Å². The summed E-state index contributed by atoms with van der Waals surface area (Å²) >= 11 is 3.50. The van der Waals surface area contributed by atoms with Gasteiger partial charge in [-0.3, -0.25) is 0 Å². The van der Waals surface area contributed by atoms with Crippen molar-refractivity contribution >= 4 is 54.0 Å². The van der Waals surface area contributed by atoms with Crippen LogP contribution in [0.25, 0.3) is 59.3 Å². The second kappa shape index (κ2) is 7.91. The number of benzene rings is 4. The van der Waals surface area contributed by atoms with E-state index in [1.54, 1.807) is 22.7 Å². The molecule has 0 N–H and O–H groups in total. The molecule has 0 atom stereocenters. The normalized spacial score (nSPS) is 11.7. The molecular formula is C31H22N2S2. The number of thiazole rings is 1. The van der Waals surface area contributed by atoms with Crippen LogP contribution in [0.4, 0.5) is 0 Å². The Bertz CT molecular complexity index is 1870. The van der Waals surface area contributed by atoms with Crippen molar-refractivity contribution in [3.63, 3.8) is 0 Å². The van der Waals surface area contributed by atoms with Crippen molar-refractivity contribution in [2.24, 2.45) is 0 Å². The van der Waals surface area contributed by atoms with E-state index in [1.165, 1.54) is 64.9 Å². The monoisotopic (exact) mass is 486 g/mol. The molecule has 0 aliphatic rings. The summed E-state index contributed by atoms with van der Waals surface area (Å²) in [4.78, 5) is 4.67. The van der Waals surface area contributed by atoms with E-state index in [4.69, 9.17) is 0 Å². The summed E-state index contributed by atoms with van der Waals surface area (Å²) in [5.74, 6) is 0. The maximum atomic E-state index is 4.67. The fourth-order valence-electron chi connectivity index (χ4n) is 5.42. The first-order valence-corrected chi connectivity index (χ1v) is 13.5. The van der Waals surface area contributed by atoms with E-state index in [-0.39, 0.29) is 0 Å². The van der Waals surface area contributed by atoms with Gasteiger partial charge in [0.2, 0.25) is 0 Å². The summed E-state index contributed by atoms with van der Waals surface area (Å²) in [7, 11) is 0. The van der Waals surface area contributed by atoms with E-state index >= 15 is 0 Å². The van der Waals surface area contributed by atoms with Gasteiger partial charge in [0.25, 0.3) is 0 Å². The predicted molar refractivity (Wildman–Crippen MR) is 152 cm³/mol. The number of hydrogen-bond donors (Lipinski definition) is 0. The number of aryl methyl sites for hydroxylation is 1. The lowest BCUT2D eigenvalue weighted by atomic mass is 9.97. The number of thiophene rings is 1. The molecule has 3 heterocycles. The van der Waals surface area contributed by atoms with E-state index in [0.29, 0.717) is 0 Å². The summed E-state index contributed by atoms with van der Waals surface area (Å²) in [6.07, 6.45) is 0. The molecule has 4 aromatic carbocycles. The lowest BCUT2D eigenvalue weighted by Crippen LogP contribution is -2.00. The Morgan fingerprint density at radius 2 is 1.49 bits per heavy atom. The number of fused-ring (bicyclic) bond motifs is 4. The molecule has 0 aliphatic carbocycles. The molecule has 0 spiro atoms. The highest BCUT2D eigenvalue weighted by Crippen LogP contribution is 2.41. The van der Waals surface area contributed by atoms with Gasteiger partial charge < -0.3 is 4.57 Å². The van der Waals surface area contributed by atoms with Gasteiger partial charge in [-0.25, -0.2) is 4.98 Å². The average molecular weight is 487 g/mol. The van der Waals surface area contributed by atoms with E-state index < -0.39 is 0 Å². The summed E-state index contributed by atoms with van der Waals surface area (Å²) in [5, 5.41) is 4.83. The van der Waals surface area contributed by atoms with Crippen LogP contribution in [0.1, 0.15) is 11.1 Å². The second-order valence-corrected chi connectivity index (χ2v) is 10.9. The Morgan fingerprint density at radius 1 is 0.657 bits per heavy atom. The van der Waals surface area contributed by atoms with Crippen molar-refractivity contribution in [1.29, 1.82) is 0 Å². The first kappa shape index (κ1) is 20.6. The summed E-state index contributed by atoms with van der Waals surface area (Å²) in [6, 6.07) is 30.7. The minimum Gasteiger partial charge on any atom is -0.309 e. The molecule has 0 saturated carbocycles. The maximum Gasteiger partial charge on any atom is 0.107 e. The van der Waals surface area contributed by atoms with Gasteiger partial charge in [0.15, 0.2) is 0 Å². The van der Waals surface area contributed by atoms with Crippen LogP contribution in [0.5, 0.6) is 0 Å². The fraction of sp³-hybridized carbons (Fsp3) is 0.0645. The molecule has 4 heteroatoms. The Morgan fingerprint density at radius 3 is 2.37 bits per heavy atom. The zero-order valence-corrected chi connectivity index (χ0v) is 21.1. The van der Waals surface area contributed by atoms with Crippen LogP contribution >= 0.6 is 22.7 Å². The standard InChI is InChI=1S/C31H22N2S2/c1-19-23(26-17-34-31-29(26)32-18-35-31)12-8-14-27(19)33-28-13-7-6-11-24(28)25-16-15-22(20(2)30(25)33)21-9-4-3-5-10-21/h3-18H,1-2H3.